The smallest absolute Gasteiger partial charge is 0.303 e. The molecule has 1 aliphatic rings. The lowest BCUT2D eigenvalue weighted by atomic mass is 9.98. The van der Waals surface area contributed by atoms with E-state index >= 15 is 0 Å². The van der Waals surface area contributed by atoms with Crippen LogP contribution in [-0.4, -0.2) is 55.5 Å². The van der Waals surface area contributed by atoms with Crippen LogP contribution in [0.4, 0.5) is 0 Å². The first-order valence-electron chi connectivity index (χ1n) is 9.89. The number of aliphatic hydroxyl groups is 1. The van der Waals surface area contributed by atoms with E-state index in [4.69, 9.17) is 23.7 Å². The highest BCUT2D eigenvalue weighted by atomic mass is 16.7. The van der Waals surface area contributed by atoms with Crippen molar-refractivity contribution in [3.05, 3.63) is 71.8 Å². The van der Waals surface area contributed by atoms with Gasteiger partial charge in [-0.05, 0) is 11.1 Å². The molecule has 0 aromatic heterocycles. The summed E-state index contributed by atoms with van der Waals surface area (Å²) in [5.74, 6) is -0.520. The van der Waals surface area contributed by atoms with Crippen molar-refractivity contribution >= 4 is 5.97 Å². The van der Waals surface area contributed by atoms with Crippen LogP contribution in [0.5, 0.6) is 0 Å². The molecule has 2 aromatic carbocycles. The molecule has 1 fully saturated rings. The van der Waals surface area contributed by atoms with Crippen LogP contribution in [0.15, 0.2) is 60.7 Å². The minimum absolute atomic E-state index is 0.110. The predicted molar refractivity (Wildman–Crippen MR) is 108 cm³/mol. The molecule has 0 aliphatic carbocycles. The number of carbonyl (C=O) groups is 1. The summed E-state index contributed by atoms with van der Waals surface area (Å²) in [7, 11) is 1.48. The fraction of sp³-hybridized carbons (Fsp3) is 0.435. The number of carbonyl (C=O) groups excluding carboxylic acids is 1. The highest BCUT2D eigenvalue weighted by Gasteiger charge is 2.48. The third-order valence-corrected chi connectivity index (χ3v) is 4.83. The van der Waals surface area contributed by atoms with Gasteiger partial charge in [-0.2, -0.15) is 0 Å². The van der Waals surface area contributed by atoms with E-state index in [0.29, 0.717) is 6.61 Å². The Bertz CT molecular complexity index is 768. The third kappa shape index (κ3) is 6.10. The number of esters is 1. The standard InChI is InChI=1S/C23H28O7/c1-16(24)29-21-20(25)19(15-27-13-17-9-5-3-6-10-17)30-23(26-2)22(21)28-14-18-11-7-4-8-12-18/h3-12,19-23,25H,13-15H2,1-2H3/t19-,20-,21+,22-,23+/m1/s1. The van der Waals surface area contributed by atoms with Gasteiger partial charge in [0.05, 0.1) is 19.8 Å². The van der Waals surface area contributed by atoms with Crippen LogP contribution in [0.1, 0.15) is 18.1 Å². The quantitative estimate of drug-likeness (QED) is 0.629. The molecule has 5 atom stereocenters. The van der Waals surface area contributed by atoms with E-state index in [-0.39, 0.29) is 13.2 Å². The molecule has 0 saturated carbocycles. The van der Waals surface area contributed by atoms with E-state index in [1.54, 1.807) is 0 Å². The number of aliphatic hydroxyl groups excluding tert-OH is 1. The molecule has 0 radical (unpaired) electrons. The van der Waals surface area contributed by atoms with Gasteiger partial charge in [0, 0.05) is 14.0 Å². The summed E-state index contributed by atoms with van der Waals surface area (Å²) in [5.41, 5.74) is 1.95. The summed E-state index contributed by atoms with van der Waals surface area (Å²) < 4.78 is 28.4. The molecule has 1 aliphatic heterocycles. The summed E-state index contributed by atoms with van der Waals surface area (Å²) >= 11 is 0. The topological polar surface area (TPSA) is 83.5 Å². The Morgan fingerprint density at radius 3 is 2.13 bits per heavy atom. The van der Waals surface area contributed by atoms with Crippen LogP contribution in [0.2, 0.25) is 0 Å². The van der Waals surface area contributed by atoms with E-state index in [2.05, 4.69) is 0 Å². The van der Waals surface area contributed by atoms with Crippen LogP contribution in [0, 0.1) is 0 Å². The van der Waals surface area contributed by atoms with Gasteiger partial charge in [-0.1, -0.05) is 60.7 Å². The molecule has 7 heteroatoms. The van der Waals surface area contributed by atoms with Crippen LogP contribution in [0.3, 0.4) is 0 Å². The van der Waals surface area contributed by atoms with Gasteiger partial charge < -0.3 is 28.8 Å². The Kier molecular flexibility index (Phi) is 8.36. The van der Waals surface area contributed by atoms with Gasteiger partial charge in [-0.15, -0.1) is 0 Å². The summed E-state index contributed by atoms with van der Waals surface area (Å²) in [6.07, 6.45) is -4.43. The Morgan fingerprint density at radius 2 is 1.57 bits per heavy atom. The van der Waals surface area contributed by atoms with Crippen molar-refractivity contribution in [2.45, 2.75) is 50.8 Å². The molecule has 3 rings (SSSR count). The molecule has 7 nitrogen and oxygen atoms in total. The van der Waals surface area contributed by atoms with Crippen molar-refractivity contribution < 1.29 is 33.6 Å². The lowest BCUT2D eigenvalue weighted by Gasteiger charge is -2.43. The van der Waals surface area contributed by atoms with Gasteiger partial charge in [-0.25, -0.2) is 0 Å². The van der Waals surface area contributed by atoms with E-state index in [1.807, 2.05) is 60.7 Å². The van der Waals surface area contributed by atoms with Gasteiger partial charge >= 0.3 is 5.97 Å². The molecule has 162 valence electrons. The van der Waals surface area contributed by atoms with Gasteiger partial charge in [0.15, 0.2) is 12.4 Å². The molecule has 0 unspecified atom stereocenters. The highest BCUT2D eigenvalue weighted by Crippen LogP contribution is 2.28. The lowest BCUT2D eigenvalue weighted by Crippen LogP contribution is -2.61. The molecular weight excluding hydrogens is 388 g/mol. The maximum absolute atomic E-state index is 11.7. The summed E-state index contributed by atoms with van der Waals surface area (Å²) in [4.78, 5) is 11.7. The van der Waals surface area contributed by atoms with E-state index < -0.39 is 36.7 Å². The predicted octanol–water partition coefficient (Wildman–Crippen LogP) is 2.45. The third-order valence-electron chi connectivity index (χ3n) is 4.83. The minimum Gasteiger partial charge on any atom is -0.457 e. The SMILES string of the molecule is CO[C@H]1O[C@H](COCc2ccccc2)[C@@H](O)[C@H](OC(C)=O)[C@H]1OCc1ccccc1. The lowest BCUT2D eigenvalue weighted by molar-refractivity contribution is -0.309. The number of benzene rings is 2. The Labute approximate surface area is 176 Å². The summed E-state index contributed by atoms with van der Waals surface area (Å²) in [6, 6.07) is 19.2. The van der Waals surface area contributed by atoms with Gasteiger partial charge in [-0.3, -0.25) is 4.79 Å². The molecule has 0 amide bonds. The van der Waals surface area contributed by atoms with Gasteiger partial charge in [0.1, 0.15) is 18.3 Å². The fourth-order valence-electron chi connectivity index (χ4n) is 3.35. The molecule has 30 heavy (non-hydrogen) atoms. The van der Waals surface area contributed by atoms with Crippen molar-refractivity contribution in [3.63, 3.8) is 0 Å². The average molecular weight is 416 g/mol. The molecular formula is C23H28O7. The first kappa shape index (κ1) is 22.4. The second-order valence-electron chi connectivity index (χ2n) is 7.11. The van der Waals surface area contributed by atoms with Gasteiger partial charge in [0.25, 0.3) is 0 Å². The van der Waals surface area contributed by atoms with Crippen molar-refractivity contribution in [1.82, 2.24) is 0 Å². The maximum atomic E-state index is 11.7. The Morgan fingerprint density at radius 1 is 0.967 bits per heavy atom. The molecule has 1 saturated heterocycles. The molecule has 1 N–H and O–H groups in total. The minimum atomic E-state index is -1.13. The highest BCUT2D eigenvalue weighted by molar-refractivity contribution is 5.66. The van der Waals surface area contributed by atoms with Crippen molar-refractivity contribution in [2.75, 3.05) is 13.7 Å². The van der Waals surface area contributed by atoms with Crippen molar-refractivity contribution in [3.8, 4) is 0 Å². The van der Waals surface area contributed by atoms with Gasteiger partial charge in [0.2, 0.25) is 0 Å². The summed E-state index contributed by atoms with van der Waals surface area (Å²) in [6.45, 7) is 2.03. The second kappa shape index (κ2) is 11.2. The van der Waals surface area contributed by atoms with E-state index in [1.165, 1.54) is 14.0 Å². The molecule has 1 heterocycles. The number of ether oxygens (including phenoxy) is 5. The van der Waals surface area contributed by atoms with Crippen LogP contribution < -0.4 is 0 Å². The first-order chi connectivity index (χ1) is 14.6. The van der Waals surface area contributed by atoms with Crippen molar-refractivity contribution in [2.24, 2.45) is 0 Å². The first-order valence-corrected chi connectivity index (χ1v) is 9.89. The zero-order chi connectivity index (χ0) is 21.3. The van der Waals surface area contributed by atoms with Crippen LogP contribution in [-0.2, 0) is 41.7 Å². The average Bonchev–Trinajstić information content (AvgIpc) is 2.76. The maximum Gasteiger partial charge on any atom is 0.303 e. The largest absolute Gasteiger partial charge is 0.457 e. The zero-order valence-corrected chi connectivity index (χ0v) is 17.2. The van der Waals surface area contributed by atoms with E-state index in [9.17, 15) is 9.90 Å². The molecule has 0 spiro atoms. The number of hydrogen-bond acceptors (Lipinski definition) is 7. The fourth-order valence-corrected chi connectivity index (χ4v) is 3.35. The second-order valence-corrected chi connectivity index (χ2v) is 7.11. The normalized spacial score (nSPS) is 26.3. The van der Waals surface area contributed by atoms with E-state index in [0.717, 1.165) is 11.1 Å². The zero-order valence-electron chi connectivity index (χ0n) is 17.2. The molecule has 0 bridgehead atoms. The summed E-state index contributed by atoms with van der Waals surface area (Å²) in [5, 5.41) is 10.8. The number of methoxy groups -OCH3 is 1. The number of hydrogen-bond donors (Lipinski definition) is 1. The molecule has 2 aromatic rings. The van der Waals surface area contributed by atoms with Crippen LogP contribution in [0.25, 0.3) is 0 Å². The van der Waals surface area contributed by atoms with Crippen LogP contribution >= 0.6 is 0 Å². The van der Waals surface area contributed by atoms with Crippen molar-refractivity contribution in [1.29, 1.82) is 0 Å². The Balaban J connectivity index is 1.65. The Hall–Kier alpha value is -2.29. The number of rotatable bonds is 9. The monoisotopic (exact) mass is 416 g/mol.